The van der Waals surface area contributed by atoms with Crippen molar-refractivity contribution >= 4 is 17.9 Å². The predicted molar refractivity (Wildman–Crippen MR) is 75.6 cm³/mol. The molecule has 0 aliphatic carbocycles. The van der Waals surface area contributed by atoms with Gasteiger partial charge in [-0.15, -0.1) is 0 Å². The number of hydrogen-bond acceptors (Lipinski definition) is 8. The third kappa shape index (κ3) is 3.32. The smallest absolute Gasteiger partial charge is 0.351 e. The standard InChI is InChI=1S/C13H17N3O6/c1-21-11(19)3-2-7-5-16(13(20)15-12(7)14)10-4-8(18)9(6-17)22-10/h2-3,5,8-10,17-18H,4,6H2,1H3,(H2,14,15,20)/b3-2+. The largest absolute Gasteiger partial charge is 0.466 e. The van der Waals surface area contributed by atoms with Crippen LogP contribution in [0.25, 0.3) is 6.08 Å². The Bertz CT molecular complexity index is 641. The maximum atomic E-state index is 11.9. The highest BCUT2D eigenvalue weighted by Gasteiger charge is 2.35. The van der Waals surface area contributed by atoms with Gasteiger partial charge in [-0.05, 0) is 6.08 Å². The van der Waals surface area contributed by atoms with E-state index in [1.807, 2.05) is 0 Å². The van der Waals surface area contributed by atoms with Crippen LogP contribution in [0.2, 0.25) is 0 Å². The van der Waals surface area contributed by atoms with Crippen molar-refractivity contribution < 1.29 is 24.5 Å². The van der Waals surface area contributed by atoms with Gasteiger partial charge < -0.3 is 25.4 Å². The zero-order valence-electron chi connectivity index (χ0n) is 11.9. The number of carbonyl (C=O) groups is 1. The summed E-state index contributed by atoms with van der Waals surface area (Å²) in [6, 6.07) is 0. The van der Waals surface area contributed by atoms with Gasteiger partial charge in [0.25, 0.3) is 0 Å². The highest BCUT2D eigenvalue weighted by molar-refractivity contribution is 5.87. The number of aliphatic hydroxyl groups excluding tert-OH is 2. The van der Waals surface area contributed by atoms with Gasteiger partial charge in [-0.1, -0.05) is 0 Å². The van der Waals surface area contributed by atoms with E-state index in [2.05, 4.69) is 9.72 Å². The summed E-state index contributed by atoms with van der Waals surface area (Å²) < 4.78 is 11.0. The summed E-state index contributed by atoms with van der Waals surface area (Å²) in [4.78, 5) is 26.7. The first-order valence-corrected chi connectivity index (χ1v) is 6.55. The number of aliphatic hydroxyl groups is 2. The highest BCUT2D eigenvalue weighted by atomic mass is 16.5. The minimum Gasteiger partial charge on any atom is -0.466 e. The number of ether oxygens (including phenoxy) is 2. The van der Waals surface area contributed by atoms with Gasteiger partial charge >= 0.3 is 11.7 Å². The minimum atomic E-state index is -0.881. The van der Waals surface area contributed by atoms with Crippen LogP contribution in [0.1, 0.15) is 18.2 Å². The van der Waals surface area contributed by atoms with E-state index in [0.717, 1.165) is 10.6 Å². The van der Waals surface area contributed by atoms with Crippen molar-refractivity contribution in [1.29, 1.82) is 0 Å². The topological polar surface area (TPSA) is 137 Å². The molecule has 3 unspecified atom stereocenters. The highest BCUT2D eigenvalue weighted by Crippen LogP contribution is 2.27. The number of rotatable bonds is 4. The number of carbonyl (C=O) groups excluding carboxylic acids is 1. The van der Waals surface area contributed by atoms with Gasteiger partial charge in [0.1, 0.15) is 18.1 Å². The summed E-state index contributed by atoms with van der Waals surface area (Å²) in [5, 5.41) is 18.8. The number of nitrogen functional groups attached to an aromatic ring is 1. The number of esters is 1. The van der Waals surface area contributed by atoms with Crippen molar-refractivity contribution in [2.24, 2.45) is 0 Å². The lowest BCUT2D eigenvalue weighted by atomic mass is 10.2. The van der Waals surface area contributed by atoms with Gasteiger partial charge in [-0.2, -0.15) is 4.98 Å². The third-order valence-electron chi connectivity index (χ3n) is 3.31. The van der Waals surface area contributed by atoms with Crippen LogP contribution in [0, 0.1) is 0 Å². The van der Waals surface area contributed by atoms with Gasteiger partial charge in [0, 0.05) is 24.3 Å². The summed E-state index contributed by atoms with van der Waals surface area (Å²) in [5.74, 6) is -0.622. The normalized spacial score (nSPS) is 24.8. The molecule has 22 heavy (non-hydrogen) atoms. The van der Waals surface area contributed by atoms with Crippen molar-refractivity contribution in [2.75, 3.05) is 19.5 Å². The Kier molecular flexibility index (Phi) is 4.91. The molecule has 0 saturated carbocycles. The third-order valence-corrected chi connectivity index (χ3v) is 3.31. The van der Waals surface area contributed by atoms with E-state index in [4.69, 9.17) is 15.6 Å². The fourth-order valence-electron chi connectivity index (χ4n) is 2.11. The molecular weight excluding hydrogens is 294 g/mol. The lowest BCUT2D eigenvalue weighted by Crippen LogP contribution is -2.28. The summed E-state index contributed by atoms with van der Waals surface area (Å²) in [6.45, 7) is -0.357. The van der Waals surface area contributed by atoms with E-state index in [-0.39, 0.29) is 18.8 Å². The average Bonchev–Trinajstić information content (AvgIpc) is 2.86. The van der Waals surface area contributed by atoms with Crippen molar-refractivity contribution in [3.8, 4) is 0 Å². The van der Waals surface area contributed by atoms with E-state index < -0.39 is 30.1 Å². The Labute approximate surface area is 125 Å². The second-order valence-electron chi connectivity index (χ2n) is 4.74. The quantitative estimate of drug-likeness (QED) is 0.458. The lowest BCUT2D eigenvalue weighted by molar-refractivity contribution is -0.134. The van der Waals surface area contributed by atoms with Gasteiger partial charge in [-0.3, -0.25) is 4.57 Å². The second kappa shape index (κ2) is 6.69. The molecule has 0 bridgehead atoms. The molecular formula is C13H17N3O6. The fraction of sp³-hybridized carbons (Fsp3) is 0.462. The van der Waals surface area contributed by atoms with E-state index in [0.29, 0.717) is 5.56 Å². The Morgan fingerprint density at radius 2 is 2.41 bits per heavy atom. The van der Waals surface area contributed by atoms with Gasteiger partial charge in [0.15, 0.2) is 0 Å². The Hall–Kier alpha value is -2.23. The summed E-state index contributed by atoms with van der Waals surface area (Å²) in [5.41, 5.74) is 5.32. The molecule has 1 aliphatic rings. The zero-order chi connectivity index (χ0) is 16.3. The van der Waals surface area contributed by atoms with Crippen LogP contribution < -0.4 is 11.4 Å². The van der Waals surface area contributed by atoms with Crippen molar-refractivity contribution in [1.82, 2.24) is 9.55 Å². The van der Waals surface area contributed by atoms with E-state index in [9.17, 15) is 14.7 Å². The van der Waals surface area contributed by atoms with Crippen LogP contribution in [0.4, 0.5) is 5.82 Å². The summed E-state index contributed by atoms with van der Waals surface area (Å²) in [7, 11) is 1.23. The molecule has 4 N–H and O–H groups in total. The number of methoxy groups -OCH3 is 1. The fourth-order valence-corrected chi connectivity index (χ4v) is 2.11. The Balaban J connectivity index is 2.31. The summed E-state index contributed by atoms with van der Waals surface area (Å²) >= 11 is 0. The first-order chi connectivity index (χ1) is 10.5. The molecule has 1 fully saturated rings. The first-order valence-electron chi connectivity index (χ1n) is 6.55. The van der Waals surface area contributed by atoms with E-state index in [1.54, 1.807) is 0 Å². The molecule has 0 radical (unpaired) electrons. The molecule has 1 aliphatic heterocycles. The van der Waals surface area contributed by atoms with Gasteiger partial charge in [0.05, 0.1) is 19.8 Å². The predicted octanol–water partition coefficient (Wildman–Crippen LogP) is -1.35. The minimum absolute atomic E-state index is 0.0429. The molecule has 9 heteroatoms. The molecule has 2 rings (SSSR count). The van der Waals surface area contributed by atoms with E-state index in [1.165, 1.54) is 19.4 Å². The monoisotopic (exact) mass is 311 g/mol. The molecule has 2 heterocycles. The van der Waals surface area contributed by atoms with Crippen LogP contribution in [-0.4, -0.2) is 51.7 Å². The summed E-state index contributed by atoms with van der Waals surface area (Å²) in [6.07, 6.45) is 1.61. The molecule has 0 amide bonds. The number of nitrogens with two attached hydrogens (primary N) is 1. The van der Waals surface area contributed by atoms with Crippen LogP contribution >= 0.6 is 0 Å². The number of nitrogens with zero attached hydrogens (tertiary/aromatic N) is 2. The molecule has 3 atom stereocenters. The van der Waals surface area contributed by atoms with Crippen molar-refractivity contribution in [3.05, 3.63) is 28.3 Å². The first kappa shape index (κ1) is 16.1. The number of anilines is 1. The SMILES string of the molecule is COC(=O)/C=C/c1cn(C2CC(O)C(CO)O2)c(=O)nc1N. The molecule has 120 valence electrons. The molecule has 0 aromatic carbocycles. The average molecular weight is 311 g/mol. The van der Waals surface area contributed by atoms with Gasteiger partial charge in [-0.25, -0.2) is 9.59 Å². The number of hydrogen-bond donors (Lipinski definition) is 3. The molecule has 1 aromatic rings. The van der Waals surface area contributed by atoms with Crippen LogP contribution in [0.3, 0.4) is 0 Å². The Morgan fingerprint density at radius 1 is 1.68 bits per heavy atom. The maximum absolute atomic E-state index is 11.9. The zero-order valence-corrected chi connectivity index (χ0v) is 11.9. The number of aromatic nitrogens is 2. The molecule has 9 nitrogen and oxygen atoms in total. The molecule has 1 aromatic heterocycles. The molecule has 1 saturated heterocycles. The Morgan fingerprint density at radius 3 is 3.00 bits per heavy atom. The van der Waals surface area contributed by atoms with Crippen molar-refractivity contribution in [2.45, 2.75) is 24.9 Å². The van der Waals surface area contributed by atoms with Crippen LogP contribution in [0.15, 0.2) is 17.1 Å². The lowest BCUT2D eigenvalue weighted by Gasteiger charge is -2.15. The van der Waals surface area contributed by atoms with Crippen LogP contribution in [-0.2, 0) is 14.3 Å². The van der Waals surface area contributed by atoms with Gasteiger partial charge in [0.2, 0.25) is 0 Å². The van der Waals surface area contributed by atoms with Crippen LogP contribution in [0.5, 0.6) is 0 Å². The molecule has 0 spiro atoms. The van der Waals surface area contributed by atoms with Crippen molar-refractivity contribution in [3.63, 3.8) is 0 Å². The van der Waals surface area contributed by atoms with E-state index >= 15 is 0 Å². The maximum Gasteiger partial charge on any atom is 0.351 e. The second-order valence-corrected chi connectivity index (χ2v) is 4.74.